The average Bonchev–Trinajstić information content (AvgIpc) is 2.73. The summed E-state index contributed by atoms with van der Waals surface area (Å²) in [6, 6.07) is 22.9. The van der Waals surface area contributed by atoms with Crippen LogP contribution in [0.5, 0.6) is 0 Å². The lowest BCUT2D eigenvalue weighted by atomic mass is 10.0. The van der Waals surface area contributed by atoms with Crippen molar-refractivity contribution in [2.24, 2.45) is 4.99 Å². The molecule has 4 nitrogen and oxygen atoms in total. The Labute approximate surface area is 166 Å². The van der Waals surface area contributed by atoms with Crippen molar-refractivity contribution in [3.63, 3.8) is 0 Å². The highest BCUT2D eigenvalue weighted by molar-refractivity contribution is 7.89. The van der Waals surface area contributed by atoms with Gasteiger partial charge in [0.15, 0.2) is 0 Å². The lowest BCUT2D eigenvalue weighted by Gasteiger charge is -2.28. The van der Waals surface area contributed by atoms with Crippen molar-refractivity contribution < 1.29 is 8.42 Å². The Hall–Kier alpha value is -2.76. The molecule has 0 aromatic heterocycles. The van der Waals surface area contributed by atoms with Gasteiger partial charge in [-0.25, -0.2) is 8.42 Å². The molecule has 142 valence electrons. The summed E-state index contributed by atoms with van der Waals surface area (Å²) in [6.07, 6.45) is 2.53. The molecule has 0 unspecified atom stereocenters. The standard InChI is InChI=1S/C23H22N2O2S/c1-18-6-8-19(9-7-18)16-24-22-10-12-23(13-11-22)28(26,27)25-15-14-20-4-2-3-5-21(20)17-25/h2-13,16H,14-15,17H2,1H3. The molecule has 3 aromatic rings. The maximum atomic E-state index is 13.0. The first-order valence-corrected chi connectivity index (χ1v) is 10.7. The van der Waals surface area contributed by atoms with Crippen LogP contribution in [-0.4, -0.2) is 25.5 Å². The van der Waals surface area contributed by atoms with Gasteiger partial charge in [0.1, 0.15) is 0 Å². The maximum Gasteiger partial charge on any atom is 0.243 e. The SMILES string of the molecule is Cc1ccc(C=Nc2ccc(S(=O)(=O)N3CCc4ccccc4C3)cc2)cc1. The summed E-state index contributed by atoms with van der Waals surface area (Å²) in [4.78, 5) is 4.74. The second kappa shape index (κ2) is 7.70. The lowest BCUT2D eigenvalue weighted by Crippen LogP contribution is -2.35. The molecule has 0 aliphatic carbocycles. The fourth-order valence-corrected chi connectivity index (χ4v) is 4.75. The first kappa shape index (κ1) is 18.6. The Morgan fingerprint density at radius 2 is 1.57 bits per heavy atom. The number of hydrogen-bond acceptors (Lipinski definition) is 3. The normalized spacial score (nSPS) is 14.9. The minimum atomic E-state index is -3.51. The molecule has 0 fully saturated rings. The zero-order valence-electron chi connectivity index (χ0n) is 15.7. The predicted octanol–water partition coefficient (Wildman–Crippen LogP) is 4.49. The Morgan fingerprint density at radius 1 is 0.893 bits per heavy atom. The van der Waals surface area contributed by atoms with Gasteiger partial charge in [0, 0.05) is 19.3 Å². The molecule has 1 aliphatic heterocycles. The molecule has 0 saturated heterocycles. The lowest BCUT2D eigenvalue weighted by molar-refractivity contribution is 0.391. The molecule has 0 radical (unpaired) electrons. The van der Waals surface area contributed by atoms with E-state index < -0.39 is 10.0 Å². The Kier molecular flexibility index (Phi) is 5.11. The summed E-state index contributed by atoms with van der Waals surface area (Å²) < 4.78 is 27.6. The fraction of sp³-hybridized carbons (Fsp3) is 0.174. The van der Waals surface area contributed by atoms with Crippen LogP contribution in [-0.2, 0) is 23.0 Å². The molecule has 1 aliphatic rings. The zero-order chi connectivity index (χ0) is 19.6. The largest absolute Gasteiger partial charge is 0.256 e. The molecular formula is C23H22N2O2S. The van der Waals surface area contributed by atoms with Crippen LogP contribution in [0.4, 0.5) is 5.69 Å². The first-order valence-electron chi connectivity index (χ1n) is 9.30. The van der Waals surface area contributed by atoms with Crippen LogP contribution in [0.15, 0.2) is 82.7 Å². The van der Waals surface area contributed by atoms with Crippen LogP contribution >= 0.6 is 0 Å². The molecule has 1 heterocycles. The summed E-state index contributed by atoms with van der Waals surface area (Å²) in [5.41, 5.74) is 5.25. The Morgan fingerprint density at radius 3 is 2.29 bits per heavy atom. The van der Waals surface area contributed by atoms with Crippen LogP contribution < -0.4 is 0 Å². The van der Waals surface area contributed by atoms with E-state index in [9.17, 15) is 8.42 Å². The van der Waals surface area contributed by atoms with Gasteiger partial charge in [-0.2, -0.15) is 4.31 Å². The van der Waals surface area contributed by atoms with Crippen LogP contribution in [0.25, 0.3) is 0 Å². The summed E-state index contributed by atoms with van der Waals surface area (Å²) in [7, 11) is -3.51. The van der Waals surface area contributed by atoms with Gasteiger partial charge >= 0.3 is 0 Å². The molecule has 4 rings (SSSR count). The second-order valence-electron chi connectivity index (χ2n) is 7.02. The van der Waals surface area contributed by atoms with Crippen molar-refractivity contribution in [1.82, 2.24) is 4.31 Å². The van der Waals surface area contributed by atoms with Crippen LogP contribution in [0.2, 0.25) is 0 Å². The number of benzene rings is 3. The highest BCUT2D eigenvalue weighted by Crippen LogP contribution is 2.26. The van der Waals surface area contributed by atoms with Gasteiger partial charge < -0.3 is 0 Å². The highest BCUT2D eigenvalue weighted by atomic mass is 32.2. The third kappa shape index (κ3) is 3.91. The molecule has 28 heavy (non-hydrogen) atoms. The van der Waals surface area contributed by atoms with E-state index in [-0.39, 0.29) is 0 Å². The van der Waals surface area contributed by atoms with E-state index in [2.05, 4.69) is 11.1 Å². The number of aryl methyl sites for hydroxylation is 1. The molecule has 0 atom stereocenters. The monoisotopic (exact) mass is 390 g/mol. The van der Waals surface area contributed by atoms with Crippen molar-refractivity contribution in [3.8, 4) is 0 Å². The molecule has 5 heteroatoms. The molecule has 0 amide bonds. The molecular weight excluding hydrogens is 368 g/mol. The topological polar surface area (TPSA) is 49.7 Å². The van der Waals surface area contributed by atoms with E-state index in [0.717, 1.165) is 23.2 Å². The van der Waals surface area contributed by atoms with E-state index in [4.69, 9.17) is 0 Å². The van der Waals surface area contributed by atoms with Crippen molar-refractivity contribution in [2.75, 3.05) is 6.54 Å². The Balaban J connectivity index is 1.51. The summed E-state index contributed by atoms with van der Waals surface area (Å²) in [5.74, 6) is 0. The van der Waals surface area contributed by atoms with Crippen LogP contribution in [0, 0.1) is 6.92 Å². The third-order valence-electron chi connectivity index (χ3n) is 5.01. The third-order valence-corrected chi connectivity index (χ3v) is 6.87. The smallest absolute Gasteiger partial charge is 0.243 e. The van der Waals surface area contributed by atoms with Gasteiger partial charge in [0.25, 0.3) is 0 Å². The van der Waals surface area contributed by atoms with Gasteiger partial charge in [-0.3, -0.25) is 4.99 Å². The van der Waals surface area contributed by atoms with Crippen molar-refractivity contribution in [3.05, 3.63) is 95.1 Å². The van der Waals surface area contributed by atoms with E-state index in [0.29, 0.717) is 18.0 Å². The number of sulfonamides is 1. The maximum absolute atomic E-state index is 13.0. The fourth-order valence-electron chi connectivity index (χ4n) is 3.33. The van der Waals surface area contributed by atoms with E-state index in [1.807, 2.05) is 49.4 Å². The highest BCUT2D eigenvalue weighted by Gasteiger charge is 2.27. The quantitative estimate of drug-likeness (QED) is 0.616. The molecule has 0 saturated carbocycles. The van der Waals surface area contributed by atoms with Gasteiger partial charge in [0.2, 0.25) is 10.0 Å². The van der Waals surface area contributed by atoms with Crippen LogP contribution in [0.3, 0.4) is 0 Å². The van der Waals surface area contributed by atoms with E-state index in [1.165, 1.54) is 11.1 Å². The van der Waals surface area contributed by atoms with Crippen molar-refractivity contribution in [2.45, 2.75) is 24.8 Å². The predicted molar refractivity (Wildman–Crippen MR) is 113 cm³/mol. The molecule has 0 spiro atoms. The minimum Gasteiger partial charge on any atom is -0.256 e. The number of aliphatic imine (C=N–C) groups is 1. The molecule has 3 aromatic carbocycles. The number of rotatable bonds is 4. The average molecular weight is 391 g/mol. The van der Waals surface area contributed by atoms with Crippen LogP contribution in [0.1, 0.15) is 22.3 Å². The summed E-state index contributed by atoms with van der Waals surface area (Å²) in [6.45, 7) is 2.97. The number of hydrogen-bond donors (Lipinski definition) is 0. The van der Waals surface area contributed by atoms with Crippen molar-refractivity contribution >= 4 is 21.9 Å². The van der Waals surface area contributed by atoms with E-state index in [1.54, 1.807) is 34.8 Å². The van der Waals surface area contributed by atoms with Crippen molar-refractivity contribution in [1.29, 1.82) is 0 Å². The summed E-state index contributed by atoms with van der Waals surface area (Å²) in [5, 5.41) is 0. The molecule has 0 bridgehead atoms. The van der Waals surface area contributed by atoms with E-state index >= 15 is 0 Å². The zero-order valence-corrected chi connectivity index (χ0v) is 16.6. The minimum absolute atomic E-state index is 0.307. The van der Waals surface area contributed by atoms with Gasteiger partial charge in [0.05, 0.1) is 10.6 Å². The first-order chi connectivity index (χ1) is 13.5. The summed E-state index contributed by atoms with van der Waals surface area (Å²) >= 11 is 0. The molecule has 0 N–H and O–H groups in total. The Bertz CT molecular complexity index is 1100. The second-order valence-corrected chi connectivity index (χ2v) is 8.96. The van der Waals surface area contributed by atoms with Gasteiger partial charge in [-0.15, -0.1) is 0 Å². The van der Waals surface area contributed by atoms with Gasteiger partial charge in [-0.1, -0.05) is 54.1 Å². The number of fused-ring (bicyclic) bond motifs is 1. The number of nitrogens with zero attached hydrogens (tertiary/aromatic N) is 2. The van der Waals surface area contributed by atoms with Gasteiger partial charge in [-0.05, 0) is 54.3 Å².